The number of rotatable bonds is 3. The van der Waals surface area contributed by atoms with E-state index in [4.69, 9.17) is 5.73 Å². The van der Waals surface area contributed by atoms with Crippen molar-refractivity contribution in [3.8, 4) is 0 Å². The molecule has 0 atom stereocenters. The van der Waals surface area contributed by atoms with Crippen LogP contribution in [0.25, 0.3) is 0 Å². The van der Waals surface area contributed by atoms with Gasteiger partial charge < -0.3 is 11.1 Å². The first-order valence-electron chi connectivity index (χ1n) is 5.85. The minimum absolute atomic E-state index is 0.144. The molecule has 2 aromatic rings. The highest BCUT2D eigenvalue weighted by Gasteiger charge is 2.07. The van der Waals surface area contributed by atoms with Gasteiger partial charge in [0, 0.05) is 12.2 Å². The molecule has 0 aromatic heterocycles. The van der Waals surface area contributed by atoms with E-state index >= 15 is 0 Å². The van der Waals surface area contributed by atoms with Gasteiger partial charge in [-0.3, -0.25) is 4.79 Å². The van der Waals surface area contributed by atoms with E-state index in [0.29, 0.717) is 17.8 Å². The lowest BCUT2D eigenvalue weighted by molar-refractivity contribution is 0.0952. The molecule has 1 amide bonds. The van der Waals surface area contributed by atoms with Crippen LogP contribution in [-0.4, -0.2) is 5.91 Å². The number of amides is 1. The van der Waals surface area contributed by atoms with Crippen molar-refractivity contribution in [3.63, 3.8) is 0 Å². The molecule has 0 aliphatic heterocycles. The molecule has 0 heterocycles. The summed E-state index contributed by atoms with van der Waals surface area (Å²) in [5.74, 6) is -0.144. The monoisotopic (exact) mass is 240 g/mol. The Balaban J connectivity index is 2.03. The third-order valence-electron chi connectivity index (χ3n) is 2.74. The number of para-hydroxylation sites is 1. The molecular formula is C15H16N2O. The second-order valence-corrected chi connectivity index (χ2v) is 4.26. The maximum absolute atomic E-state index is 11.9. The summed E-state index contributed by atoms with van der Waals surface area (Å²) >= 11 is 0. The molecule has 2 rings (SSSR count). The molecule has 0 saturated heterocycles. The molecule has 0 aliphatic carbocycles. The van der Waals surface area contributed by atoms with Crippen LogP contribution in [0, 0.1) is 6.92 Å². The van der Waals surface area contributed by atoms with Crippen molar-refractivity contribution in [1.29, 1.82) is 0 Å². The normalized spacial score (nSPS) is 10.1. The zero-order valence-electron chi connectivity index (χ0n) is 10.3. The largest absolute Gasteiger partial charge is 0.398 e. The molecule has 18 heavy (non-hydrogen) atoms. The van der Waals surface area contributed by atoms with Gasteiger partial charge in [0.2, 0.25) is 0 Å². The van der Waals surface area contributed by atoms with Crippen molar-refractivity contribution < 1.29 is 4.79 Å². The molecule has 3 N–H and O–H groups in total. The summed E-state index contributed by atoms with van der Waals surface area (Å²) in [6, 6.07) is 15.1. The fraction of sp³-hybridized carbons (Fsp3) is 0.133. The van der Waals surface area contributed by atoms with Crippen LogP contribution in [0.1, 0.15) is 21.5 Å². The standard InChI is InChI=1S/C15H16N2O/c1-11-5-4-6-12(9-11)10-17-15(18)13-7-2-3-8-14(13)16/h2-9H,10,16H2,1H3,(H,17,18). The van der Waals surface area contributed by atoms with Gasteiger partial charge in [0.1, 0.15) is 0 Å². The van der Waals surface area contributed by atoms with Gasteiger partial charge in [-0.1, -0.05) is 42.0 Å². The minimum atomic E-state index is -0.144. The first kappa shape index (κ1) is 12.2. The maximum atomic E-state index is 11.9. The molecule has 0 saturated carbocycles. The lowest BCUT2D eigenvalue weighted by atomic mass is 10.1. The average molecular weight is 240 g/mol. The Morgan fingerprint density at radius 3 is 2.67 bits per heavy atom. The quantitative estimate of drug-likeness (QED) is 0.810. The number of nitrogens with one attached hydrogen (secondary N) is 1. The zero-order chi connectivity index (χ0) is 13.0. The summed E-state index contributed by atoms with van der Waals surface area (Å²) in [6.45, 7) is 2.54. The van der Waals surface area contributed by atoms with Gasteiger partial charge in [0.25, 0.3) is 5.91 Å². The second-order valence-electron chi connectivity index (χ2n) is 4.26. The molecule has 0 radical (unpaired) electrons. The Hall–Kier alpha value is -2.29. The minimum Gasteiger partial charge on any atom is -0.398 e. The Bertz CT molecular complexity index is 564. The third kappa shape index (κ3) is 2.88. The van der Waals surface area contributed by atoms with E-state index < -0.39 is 0 Å². The van der Waals surface area contributed by atoms with Crippen molar-refractivity contribution in [2.75, 3.05) is 5.73 Å². The highest BCUT2D eigenvalue weighted by Crippen LogP contribution is 2.10. The average Bonchev–Trinajstić information content (AvgIpc) is 2.37. The van der Waals surface area contributed by atoms with Crippen LogP contribution in [0.2, 0.25) is 0 Å². The van der Waals surface area contributed by atoms with Gasteiger partial charge in [-0.2, -0.15) is 0 Å². The van der Waals surface area contributed by atoms with Crippen LogP contribution >= 0.6 is 0 Å². The summed E-state index contributed by atoms with van der Waals surface area (Å²) in [5.41, 5.74) is 9.03. The van der Waals surface area contributed by atoms with Crippen molar-refractivity contribution in [3.05, 3.63) is 65.2 Å². The van der Waals surface area contributed by atoms with E-state index in [9.17, 15) is 4.79 Å². The van der Waals surface area contributed by atoms with Crippen LogP contribution in [-0.2, 0) is 6.54 Å². The molecule has 0 unspecified atom stereocenters. The number of hydrogen-bond acceptors (Lipinski definition) is 2. The second kappa shape index (κ2) is 5.36. The number of carbonyl (C=O) groups excluding carboxylic acids is 1. The lowest BCUT2D eigenvalue weighted by Crippen LogP contribution is -2.23. The van der Waals surface area contributed by atoms with Crippen LogP contribution < -0.4 is 11.1 Å². The Labute approximate surface area is 107 Å². The number of benzene rings is 2. The number of nitrogens with two attached hydrogens (primary N) is 1. The molecule has 0 bridgehead atoms. The highest BCUT2D eigenvalue weighted by molar-refractivity contribution is 5.98. The Morgan fingerprint density at radius 2 is 1.94 bits per heavy atom. The summed E-state index contributed by atoms with van der Waals surface area (Å²) in [4.78, 5) is 11.9. The van der Waals surface area contributed by atoms with E-state index in [2.05, 4.69) is 11.4 Å². The first-order valence-corrected chi connectivity index (χ1v) is 5.85. The molecular weight excluding hydrogens is 224 g/mol. The molecule has 2 aromatic carbocycles. The Morgan fingerprint density at radius 1 is 1.17 bits per heavy atom. The van der Waals surface area contributed by atoms with E-state index in [1.54, 1.807) is 18.2 Å². The molecule has 0 aliphatic rings. The molecule has 0 fully saturated rings. The van der Waals surface area contributed by atoms with Gasteiger partial charge in [0.05, 0.1) is 5.56 Å². The predicted octanol–water partition coefficient (Wildman–Crippen LogP) is 2.51. The molecule has 3 nitrogen and oxygen atoms in total. The van der Waals surface area contributed by atoms with E-state index in [1.807, 2.05) is 31.2 Å². The van der Waals surface area contributed by atoms with Crippen molar-refractivity contribution in [2.45, 2.75) is 13.5 Å². The topological polar surface area (TPSA) is 55.1 Å². The van der Waals surface area contributed by atoms with Crippen LogP contribution in [0.5, 0.6) is 0 Å². The fourth-order valence-corrected chi connectivity index (χ4v) is 1.80. The predicted molar refractivity (Wildman–Crippen MR) is 73.2 cm³/mol. The Kier molecular flexibility index (Phi) is 3.63. The lowest BCUT2D eigenvalue weighted by Gasteiger charge is -2.07. The van der Waals surface area contributed by atoms with Crippen molar-refractivity contribution >= 4 is 11.6 Å². The molecule has 0 spiro atoms. The smallest absolute Gasteiger partial charge is 0.253 e. The van der Waals surface area contributed by atoms with Gasteiger partial charge in [-0.25, -0.2) is 0 Å². The summed E-state index contributed by atoms with van der Waals surface area (Å²) < 4.78 is 0. The van der Waals surface area contributed by atoms with Crippen molar-refractivity contribution in [1.82, 2.24) is 5.32 Å². The summed E-state index contributed by atoms with van der Waals surface area (Å²) in [5, 5.41) is 2.86. The number of aryl methyl sites for hydroxylation is 1. The third-order valence-corrected chi connectivity index (χ3v) is 2.74. The van der Waals surface area contributed by atoms with Crippen molar-refractivity contribution in [2.24, 2.45) is 0 Å². The van der Waals surface area contributed by atoms with Gasteiger partial charge >= 0.3 is 0 Å². The van der Waals surface area contributed by atoms with E-state index in [-0.39, 0.29) is 5.91 Å². The summed E-state index contributed by atoms with van der Waals surface area (Å²) in [7, 11) is 0. The summed E-state index contributed by atoms with van der Waals surface area (Å²) in [6.07, 6.45) is 0. The van der Waals surface area contributed by atoms with Gasteiger partial charge in [-0.05, 0) is 24.6 Å². The van der Waals surface area contributed by atoms with Crippen LogP contribution in [0.4, 0.5) is 5.69 Å². The van der Waals surface area contributed by atoms with E-state index in [1.165, 1.54) is 5.56 Å². The fourth-order valence-electron chi connectivity index (χ4n) is 1.80. The SMILES string of the molecule is Cc1cccc(CNC(=O)c2ccccc2N)c1. The van der Waals surface area contributed by atoms with Crippen LogP contribution in [0.15, 0.2) is 48.5 Å². The number of anilines is 1. The van der Waals surface area contributed by atoms with Crippen LogP contribution in [0.3, 0.4) is 0 Å². The first-order chi connectivity index (χ1) is 8.66. The number of hydrogen-bond donors (Lipinski definition) is 2. The van der Waals surface area contributed by atoms with Gasteiger partial charge in [0.15, 0.2) is 0 Å². The number of nitrogen functional groups attached to an aromatic ring is 1. The van der Waals surface area contributed by atoms with E-state index in [0.717, 1.165) is 5.56 Å². The molecule has 3 heteroatoms. The zero-order valence-corrected chi connectivity index (χ0v) is 10.3. The van der Waals surface area contributed by atoms with Gasteiger partial charge in [-0.15, -0.1) is 0 Å². The maximum Gasteiger partial charge on any atom is 0.253 e. The highest BCUT2D eigenvalue weighted by atomic mass is 16.1. The number of carbonyl (C=O) groups is 1. The molecule has 92 valence electrons.